The molecule has 20 heavy (non-hydrogen) atoms. The summed E-state index contributed by atoms with van der Waals surface area (Å²) in [6.45, 7) is 9.74. The standard InChI is InChI=1S/C14H31N3O2S/c1-4-16-11-6-8-14(9-13-16)15-10-7-12-17(5-2)20(3,18)19/h14-15H,4-13H2,1-3H3. The molecule has 0 saturated carbocycles. The molecule has 120 valence electrons. The van der Waals surface area contributed by atoms with Crippen LogP contribution in [-0.4, -0.2) is 69.2 Å². The number of rotatable bonds is 8. The molecular formula is C14H31N3O2S. The number of hydrogen-bond donors (Lipinski definition) is 1. The number of nitrogens with zero attached hydrogens (tertiary/aromatic N) is 2. The summed E-state index contributed by atoms with van der Waals surface area (Å²) in [4.78, 5) is 2.50. The Morgan fingerprint density at radius 3 is 2.60 bits per heavy atom. The van der Waals surface area contributed by atoms with E-state index >= 15 is 0 Å². The number of nitrogens with one attached hydrogen (secondary N) is 1. The van der Waals surface area contributed by atoms with Crippen molar-refractivity contribution in [3.8, 4) is 0 Å². The van der Waals surface area contributed by atoms with Gasteiger partial charge in [-0.2, -0.15) is 0 Å². The fourth-order valence-electron chi connectivity index (χ4n) is 2.80. The molecule has 0 aromatic carbocycles. The first kappa shape index (κ1) is 17.9. The molecule has 0 spiro atoms. The molecule has 0 aromatic heterocycles. The van der Waals surface area contributed by atoms with Crippen LogP contribution in [-0.2, 0) is 10.0 Å². The van der Waals surface area contributed by atoms with E-state index in [0.717, 1.165) is 19.5 Å². The molecule has 1 unspecified atom stereocenters. The highest BCUT2D eigenvalue weighted by Crippen LogP contribution is 2.10. The molecular weight excluding hydrogens is 274 g/mol. The highest BCUT2D eigenvalue weighted by Gasteiger charge is 2.16. The topological polar surface area (TPSA) is 52.6 Å². The minimum Gasteiger partial charge on any atom is -0.314 e. The first-order valence-electron chi connectivity index (χ1n) is 7.88. The lowest BCUT2D eigenvalue weighted by atomic mass is 10.1. The highest BCUT2D eigenvalue weighted by molar-refractivity contribution is 7.88. The van der Waals surface area contributed by atoms with Gasteiger partial charge in [0.15, 0.2) is 0 Å². The van der Waals surface area contributed by atoms with Gasteiger partial charge in [-0.25, -0.2) is 12.7 Å². The summed E-state index contributed by atoms with van der Waals surface area (Å²) in [5.41, 5.74) is 0. The van der Waals surface area contributed by atoms with Crippen LogP contribution in [0.25, 0.3) is 0 Å². The second-order valence-electron chi connectivity index (χ2n) is 5.62. The zero-order valence-electron chi connectivity index (χ0n) is 13.3. The van der Waals surface area contributed by atoms with E-state index in [-0.39, 0.29) is 0 Å². The van der Waals surface area contributed by atoms with Crippen molar-refractivity contribution < 1.29 is 8.42 Å². The molecule has 0 amide bonds. The van der Waals surface area contributed by atoms with Gasteiger partial charge in [0.1, 0.15) is 0 Å². The van der Waals surface area contributed by atoms with Gasteiger partial charge in [-0.15, -0.1) is 0 Å². The third-order valence-corrected chi connectivity index (χ3v) is 5.49. The summed E-state index contributed by atoms with van der Waals surface area (Å²) in [5, 5.41) is 3.59. The summed E-state index contributed by atoms with van der Waals surface area (Å²) in [6, 6.07) is 0.597. The minimum atomic E-state index is -3.04. The maximum absolute atomic E-state index is 11.5. The van der Waals surface area contributed by atoms with E-state index in [1.54, 1.807) is 4.31 Å². The van der Waals surface area contributed by atoms with Crippen LogP contribution in [0, 0.1) is 0 Å². The number of sulfonamides is 1. The molecule has 0 aromatic rings. The summed E-state index contributed by atoms with van der Waals surface area (Å²) in [5.74, 6) is 0. The molecule has 1 heterocycles. The summed E-state index contributed by atoms with van der Waals surface area (Å²) in [6.07, 6.45) is 5.87. The van der Waals surface area contributed by atoms with E-state index in [2.05, 4.69) is 17.1 Å². The fourth-order valence-corrected chi connectivity index (χ4v) is 3.73. The molecule has 1 aliphatic rings. The quantitative estimate of drug-likeness (QED) is 0.683. The van der Waals surface area contributed by atoms with Crippen LogP contribution in [0.1, 0.15) is 39.5 Å². The van der Waals surface area contributed by atoms with Crippen molar-refractivity contribution in [1.82, 2.24) is 14.5 Å². The average Bonchev–Trinajstić information content (AvgIpc) is 2.62. The van der Waals surface area contributed by atoms with E-state index in [1.807, 2.05) is 6.92 Å². The van der Waals surface area contributed by atoms with Gasteiger partial charge >= 0.3 is 0 Å². The Bertz CT molecular complexity index is 359. The molecule has 1 rings (SSSR count). The van der Waals surface area contributed by atoms with Crippen LogP contribution < -0.4 is 5.32 Å². The van der Waals surface area contributed by atoms with Crippen LogP contribution in [0.5, 0.6) is 0 Å². The van der Waals surface area contributed by atoms with Crippen molar-refractivity contribution in [2.24, 2.45) is 0 Å². The Morgan fingerprint density at radius 2 is 2.00 bits per heavy atom. The van der Waals surface area contributed by atoms with E-state index in [9.17, 15) is 8.42 Å². The van der Waals surface area contributed by atoms with Crippen LogP contribution >= 0.6 is 0 Å². The molecule has 5 nitrogen and oxygen atoms in total. The SMILES string of the molecule is CCN1CCCC(NCCCN(CC)S(C)(=O)=O)CC1. The molecule has 1 N–H and O–H groups in total. The summed E-state index contributed by atoms with van der Waals surface area (Å²) in [7, 11) is -3.04. The van der Waals surface area contributed by atoms with Crippen LogP contribution in [0.2, 0.25) is 0 Å². The van der Waals surface area contributed by atoms with E-state index in [4.69, 9.17) is 0 Å². The van der Waals surface area contributed by atoms with Gasteiger partial charge in [0.2, 0.25) is 10.0 Å². The largest absolute Gasteiger partial charge is 0.314 e. The molecule has 1 saturated heterocycles. The molecule has 6 heteroatoms. The van der Waals surface area contributed by atoms with Crippen molar-refractivity contribution in [3.05, 3.63) is 0 Å². The predicted octanol–water partition coefficient (Wildman–Crippen LogP) is 1.12. The van der Waals surface area contributed by atoms with E-state index in [1.165, 1.54) is 38.6 Å². The molecule has 0 radical (unpaired) electrons. The molecule has 1 fully saturated rings. The Balaban J connectivity index is 2.21. The van der Waals surface area contributed by atoms with E-state index < -0.39 is 10.0 Å². The minimum absolute atomic E-state index is 0.563. The fraction of sp³-hybridized carbons (Fsp3) is 1.00. The molecule has 1 atom stereocenters. The average molecular weight is 305 g/mol. The number of hydrogen-bond acceptors (Lipinski definition) is 4. The second-order valence-corrected chi connectivity index (χ2v) is 7.61. The third-order valence-electron chi connectivity index (χ3n) is 4.11. The maximum Gasteiger partial charge on any atom is 0.211 e. The smallest absolute Gasteiger partial charge is 0.211 e. The van der Waals surface area contributed by atoms with Crippen molar-refractivity contribution in [2.45, 2.75) is 45.6 Å². The Hall–Kier alpha value is -0.170. The lowest BCUT2D eigenvalue weighted by molar-refractivity contribution is 0.297. The summed E-state index contributed by atoms with van der Waals surface area (Å²) >= 11 is 0. The van der Waals surface area contributed by atoms with Crippen LogP contribution in [0.15, 0.2) is 0 Å². The maximum atomic E-state index is 11.5. The molecule has 1 aliphatic heterocycles. The van der Waals surface area contributed by atoms with Gasteiger partial charge in [0.05, 0.1) is 6.26 Å². The van der Waals surface area contributed by atoms with Gasteiger partial charge in [-0.1, -0.05) is 13.8 Å². The highest BCUT2D eigenvalue weighted by atomic mass is 32.2. The number of likely N-dealkylation sites (tertiary alicyclic amines) is 1. The van der Waals surface area contributed by atoms with Gasteiger partial charge in [0, 0.05) is 19.1 Å². The van der Waals surface area contributed by atoms with E-state index in [0.29, 0.717) is 19.1 Å². The first-order chi connectivity index (χ1) is 9.47. The molecule has 0 bridgehead atoms. The monoisotopic (exact) mass is 305 g/mol. The van der Waals surface area contributed by atoms with Gasteiger partial charge < -0.3 is 10.2 Å². The zero-order chi connectivity index (χ0) is 15.0. The van der Waals surface area contributed by atoms with Crippen molar-refractivity contribution in [3.63, 3.8) is 0 Å². The Morgan fingerprint density at radius 1 is 1.25 bits per heavy atom. The lowest BCUT2D eigenvalue weighted by Crippen LogP contribution is -2.35. The predicted molar refractivity (Wildman–Crippen MR) is 84.5 cm³/mol. The first-order valence-corrected chi connectivity index (χ1v) is 9.73. The normalized spacial score (nSPS) is 22.1. The zero-order valence-corrected chi connectivity index (χ0v) is 14.1. The van der Waals surface area contributed by atoms with Gasteiger partial charge in [-0.3, -0.25) is 0 Å². The second kappa shape index (κ2) is 8.97. The van der Waals surface area contributed by atoms with Crippen molar-refractivity contribution in [2.75, 3.05) is 45.5 Å². The Kier molecular flexibility index (Phi) is 8.02. The van der Waals surface area contributed by atoms with Crippen LogP contribution in [0.3, 0.4) is 0 Å². The Labute approximate surface area is 124 Å². The third kappa shape index (κ3) is 6.52. The van der Waals surface area contributed by atoms with Gasteiger partial charge in [0.25, 0.3) is 0 Å². The lowest BCUT2D eigenvalue weighted by Gasteiger charge is -2.20. The van der Waals surface area contributed by atoms with Crippen molar-refractivity contribution in [1.29, 1.82) is 0 Å². The van der Waals surface area contributed by atoms with Gasteiger partial charge in [-0.05, 0) is 51.9 Å². The molecule has 0 aliphatic carbocycles. The van der Waals surface area contributed by atoms with Crippen LogP contribution in [0.4, 0.5) is 0 Å². The summed E-state index contributed by atoms with van der Waals surface area (Å²) < 4.78 is 24.5. The van der Waals surface area contributed by atoms with Crippen molar-refractivity contribution >= 4 is 10.0 Å².